The topological polar surface area (TPSA) is 79.2 Å². The highest BCUT2D eigenvalue weighted by atomic mass is 16.5. The molecule has 0 radical (unpaired) electrons. The molecule has 1 amide bonds. The van der Waals surface area contributed by atoms with Gasteiger partial charge >= 0.3 is 5.97 Å². The number of esters is 1. The Balaban J connectivity index is 1.97. The van der Waals surface area contributed by atoms with Gasteiger partial charge in [0, 0.05) is 6.08 Å². The predicted octanol–water partition coefficient (Wildman–Crippen LogP) is 3.85. The van der Waals surface area contributed by atoms with E-state index in [1.54, 1.807) is 30.3 Å². The van der Waals surface area contributed by atoms with Gasteiger partial charge in [0.05, 0.1) is 11.6 Å². The molecule has 0 aliphatic carbocycles. The second-order valence-corrected chi connectivity index (χ2v) is 6.85. The Morgan fingerprint density at radius 2 is 1.89 bits per heavy atom. The van der Waals surface area contributed by atoms with E-state index in [4.69, 9.17) is 10.00 Å². The average Bonchev–Trinajstić information content (AvgIpc) is 2.70. The van der Waals surface area contributed by atoms with Crippen molar-refractivity contribution in [3.63, 3.8) is 0 Å². The summed E-state index contributed by atoms with van der Waals surface area (Å²) in [6.07, 6.45) is 3.45. The van der Waals surface area contributed by atoms with Crippen LogP contribution >= 0.6 is 0 Å². The van der Waals surface area contributed by atoms with E-state index in [-0.39, 0.29) is 18.4 Å². The van der Waals surface area contributed by atoms with E-state index < -0.39 is 12.0 Å². The van der Waals surface area contributed by atoms with Crippen molar-refractivity contribution >= 4 is 18.0 Å². The Hall–Kier alpha value is -3.39. The maximum Gasteiger partial charge on any atom is 0.328 e. The van der Waals surface area contributed by atoms with Crippen molar-refractivity contribution in [3.05, 3.63) is 77.4 Å². The summed E-state index contributed by atoms with van der Waals surface area (Å²) in [6, 6.07) is 17.7. The molecule has 5 heteroatoms. The first-order chi connectivity index (χ1) is 13.5. The van der Waals surface area contributed by atoms with Gasteiger partial charge in [0.1, 0.15) is 12.6 Å². The van der Waals surface area contributed by atoms with Crippen LogP contribution in [0.15, 0.2) is 60.7 Å². The van der Waals surface area contributed by atoms with E-state index in [9.17, 15) is 9.59 Å². The van der Waals surface area contributed by atoms with Crippen molar-refractivity contribution in [1.29, 1.82) is 5.26 Å². The molecule has 0 unspecified atom stereocenters. The lowest BCUT2D eigenvalue weighted by molar-refractivity contribution is -0.149. The average molecular weight is 376 g/mol. The molecule has 2 rings (SSSR count). The zero-order valence-corrected chi connectivity index (χ0v) is 16.1. The molecule has 0 bridgehead atoms. The number of nitrogens with one attached hydrogen (secondary N) is 1. The number of amides is 1. The molecule has 1 N–H and O–H groups in total. The van der Waals surface area contributed by atoms with Crippen molar-refractivity contribution < 1.29 is 14.3 Å². The third-order valence-corrected chi connectivity index (χ3v) is 3.97. The number of benzene rings is 2. The second-order valence-electron chi connectivity index (χ2n) is 6.85. The number of hydrogen-bond acceptors (Lipinski definition) is 4. The van der Waals surface area contributed by atoms with Gasteiger partial charge in [-0.1, -0.05) is 56.3 Å². The summed E-state index contributed by atoms with van der Waals surface area (Å²) in [5, 5.41) is 11.6. The molecule has 0 fully saturated rings. The van der Waals surface area contributed by atoms with Crippen molar-refractivity contribution in [1.82, 2.24) is 5.32 Å². The molecule has 0 saturated heterocycles. The fourth-order valence-electron chi connectivity index (χ4n) is 2.62. The Morgan fingerprint density at radius 1 is 1.14 bits per heavy atom. The summed E-state index contributed by atoms with van der Waals surface area (Å²) in [7, 11) is 0. The molecule has 0 spiro atoms. The van der Waals surface area contributed by atoms with Crippen LogP contribution in [-0.4, -0.2) is 17.9 Å². The third kappa shape index (κ3) is 7.08. The first kappa shape index (κ1) is 20.9. The molecule has 144 valence electrons. The van der Waals surface area contributed by atoms with E-state index in [0.717, 1.165) is 11.1 Å². The summed E-state index contributed by atoms with van der Waals surface area (Å²) >= 11 is 0. The van der Waals surface area contributed by atoms with Crippen molar-refractivity contribution in [2.75, 3.05) is 0 Å². The minimum Gasteiger partial charge on any atom is -0.459 e. The van der Waals surface area contributed by atoms with Gasteiger partial charge in [0.25, 0.3) is 0 Å². The van der Waals surface area contributed by atoms with Crippen LogP contribution in [0.5, 0.6) is 0 Å². The number of carbonyl (C=O) groups is 2. The van der Waals surface area contributed by atoms with E-state index in [2.05, 4.69) is 11.4 Å². The highest BCUT2D eigenvalue weighted by molar-refractivity contribution is 5.94. The number of nitrogens with zero attached hydrogens (tertiary/aromatic N) is 1. The Morgan fingerprint density at radius 3 is 2.57 bits per heavy atom. The van der Waals surface area contributed by atoms with Crippen LogP contribution in [0.1, 0.15) is 37.0 Å². The molecule has 0 aliphatic rings. The smallest absolute Gasteiger partial charge is 0.328 e. The van der Waals surface area contributed by atoms with Gasteiger partial charge in [-0.05, 0) is 41.7 Å². The standard InChI is InChI=1S/C23H24N2O3/c1-17(2)13-21(23(27)28-16-19-7-4-3-5-8-19)25-22(26)12-11-18-9-6-10-20(14-18)15-24/h3-12,14,17,21H,13,16H2,1-2H3,(H,25,26)/b12-11+/t21-/m0/s1. The van der Waals surface area contributed by atoms with Crippen LogP contribution in [0.4, 0.5) is 0 Å². The highest BCUT2D eigenvalue weighted by Gasteiger charge is 2.22. The summed E-state index contributed by atoms with van der Waals surface area (Å²) in [5.74, 6) is -0.624. The molecule has 0 aliphatic heterocycles. The van der Waals surface area contributed by atoms with Gasteiger partial charge in [0.2, 0.25) is 5.91 Å². The first-order valence-electron chi connectivity index (χ1n) is 9.17. The molecule has 0 heterocycles. The third-order valence-electron chi connectivity index (χ3n) is 3.97. The van der Waals surface area contributed by atoms with Gasteiger partial charge in [-0.3, -0.25) is 4.79 Å². The number of hydrogen-bond donors (Lipinski definition) is 1. The van der Waals surface area contributed by atoms with E-state index in [0.29, 0.717) is 12.0 Å². The van der Waals surface area contributed by atoms with Crippen LogP contribution in [0, 0.1) is 17.2 Å². The monoisotopic (exact) mass is 376 g/mol. The Kier molecular flexibility index (Phi) is 7.98. The fraction of sp³-hybridized carbons (Fsp3) is 0.261. The van der Waals surface area contributed by atoms with Crippen molar-refractivity contribution in [3.8, 4) is 6.07 Å². The SMILES string of the molecule is CC(C)C[C@H](NC(=O)/C=C/c1cccc(C#N)c1)C(=O)OCc1ccccc1. The van der Waals surface area contributed by atoms with Crippen LogP contribution in [0.3, 0.4) is 0 Å². The quantitative estimate of drug-likeness (QED) is 0.561. The maximum absolute atomic E-state index is 12.4. The second kappa shape index (κ2) is 10.7. The molecule has 0 saturated carbocycles. The molecular formula is C23H24N2O3. The van der Waals surface area contributed by atoms with E-state index in [1.165, 1.54) is 6.08 Å². The van der Waals surface area contributed by atoms with Gasteiger partial charge < -0.3 is 10.1 Å². The molecule has 5 nitrogen and oxygen atoms in total. The van der Waals surface area contributed by atoms with Crippen LogP contribution in [-0.2, 0) is 20.9 Å². The molecule has 2 aromatic carbocycles. The Bertz CT molecular complexity index is 867. The normalized spacial score (nSPS) is 11.8. The summed E-state index contributed by atoms with van der Waals surface area (Å²) < 4.78 is 5.37. The Labute approximate surface area is 165 Å². The zero-order chi connectivity index (χ0) is 20.4. The minimum absolute atomic E-state index is 0.168. The largest absolute Gasteiger partial charge is 0.459 e. The van der Waals surface area contributed by atoms with Gasteiger partial charge in [0.15, 0.2) is 0 Å². The summed E-state index contributed by atoms with van der Waals surface area (Å²) in [5.41, 5.74) is 2.15. The van der Waals surface area contributed by atoms with E-state index in [1.807, 2.05) is 44.2 Å². The molecule has 1 atom stereocenters. The lowest BCUT2D eigenvalue weighted by Crippen LogP contribution is -2.42. The van der Waals surface area contributed by atoms with Crippen LogP contribution < -0.4 is 5.32 Å². The van der Waals surface area contributed by atoms with Gasteiger partial charge in [-0.2, -0.15) is 5.26 Å². The number of carbonyl (C=O) groups excluding carboxylic acids is 2. The zero-order valence-electron chi connectivity index (χ0n) is 16.1. The first-order valence-corrected chi connectivity index (χ1v) is 9.17. The highest BCUT2D eigenvalue weighted by Crippen LogP contribution is 2.10. The fourth-order valence-corrected chi connectivity index (χ4v) is 2.62. The predicted molar refractivity (Wildman–Crippen MR) is 108 cm³/mol. The summed E-state index contributed by atoms with van der Waals surface area (Å²) in [4.78, 5) is 24.7. The maximum atomic E-state index is 12.4. The minimum atomic E-state index is -0.716. The van der Waals surface area contributed by atoms with E-state index >= 15 is 0 Å². The molecule has 28 heavy (non-hydrogen) atoms. The number of ether oxygens (including phenoxy) is 1. The van der Waals surface area contributed by atoms with Crippen molar-refractivity contribution in [2.45, 2.75) is 32.9 Å². The summed E-state index contributed by atoms with van der Waals surface area (Å²) in [6.45, 7) is 4.13. The molecular weight excluding hydrogens is 352 g/mol. The number of nitriles is 1. The van der Waals surface area contributed by atoms with Gasteiger partial charge in [-0.25, -0.2) is 4.79 Å². The number of rotatable bonds is 8. The van der Waals surface area contributed by atoms with Crippen LogP contribution in [0.2, 0.25) is 0 Å². The molecule has 0 aromatic heterocycles. The lowest BCUT2D eigenvalue weighted by Gasteiger charge is -2.18. The van der Waals surface area contributed by atoms with Crippen molar-refractivity contribution in [2.24, 2.45) is 5.92 Å². The molecule has 2 aromatic rings. The van der Waals surface area contributed by atoms with Crippen LogP contribution in [0.25, 0.3) is 6.08 Å². The lowest BCUT2D eigenvalue weighted by atomic mass is 10.0. The van der Waals surface area contributed by atoms with Gasteiger partial charge in [-0.15, -0.1) is 0 Å².